The van der Waals surface area contributed by atoms with Gasteiger partial charge in [-0.3, -0.25) is 5.32 Å². The summed E-state index contributed by atoms with van der Waals surface area (Å²) in [6.45, 7) is 9.53. The number of carbonyl (C=O) groups excluding carboxylic acids is 1. The summed E-state index contributed by atoms with van der Waals surface area (Å²) < 4.78 is 5.15. The number of nitrogens with one attached hydrogen (secondary N) is 1. The Morgan fingerprint density at radius 1 is 1.40 bits per heavy atom. The van der Waals surface area contributed by atoms with Gasteiger partial charge < -0.3 is 9.64 Å². The molecule has 20 heavy (non-hydrogen) atoms. The molecule has 1 saturated heterocycles. The lowest BCUT2D eigenvalue weighted by Gasteiger charge is -2.37. The van der Waals surface area contributed by atoms with E-state index in [4.69, 9.17) is 4.74 Å². The molecule has 4 nitrogen and oxygen atoms in total. The van der Waals surface area contributed by atoms with Gasteiger partial charge in [0.1, 0.15) is 5.54 Å². The van der Waals surface area contributed by atoms with Gasteiger partial charge >= 0.3 is 5.97 Å². The lowest BCUT2D eigenvalue weighted by atomic mass is 9.91. The van der Waals surface area contributed by atoms with Crippen LogP contribution < -0.4 is 5.32 Å². The standard InChI is InChI=1S/C16H30N2O2/c1-5-13-8-9-18(10-13)11-16(14-6-7-14,15(19)20-4)17-12(2)3/h12-14,17H,5-11H2,1-4H3. The van der Waals surface area contributed by atoms with Crippen molar-refractivity contribution in [2.24, 2.45) is 11.8 Å². The number of carbonyl (C=O) groups is 1. The van der Waals surface area contributed by atoms with Crippen LogP contribution in [-0.4, -0.2) is 49.2 Å². The van der Waals surface area contributed by atoms with E-state index in [1.54, 1.807) is 0 Å². The van der Waals surface area contributed by atoms with E-state index in [2.05, 4.69) is 31.0 Å². The maximum absolute atomic E-state index is 12.5. The normalized spacial score (nSPS) is 26.8. The van der Waals surface area contributed by atoms with Crippen LogP contribution in [0.5, 0.6) is 0 Å². The zero-order chi connectivity index (χ0) is 14.8. The van der Waals surface area contributed by atoms with Gasteiger partial charge in [0, 0.05) is 19.1 Å². The minimum atomic E-state index is -0.494. The van der Waals surface area contributed by atoms with Crippen LogP contribution in [0.1, 0.15) is 46.5 Å². The zero-order valence-corrected chi connectivity index (χ0v) is 13.4. The van der Waals surface area contributed by atoms with Gasteiger partial charge in [0.05, 0.1) is 7.11 Å². The molecule has 0 radical (unpaired) electrons. The van der Waals surface area contributed by atoms with E-state index in [1.807, 2.05) is 0 Å². The number of hydrogen-bond donors (Lipinski definition) is 1. The van der Waals surface area contributed by atoms with E-state index >= 15 is 0 Å². The molecule has 1 aliphatic heterocycles. The van der Waals surface area contributed by atoms with E-state index in [-0.39, 0.29) is 5.97 Å². The quantitative estimate of drug-likeness (QED) is 0.726. The van der Waals surface area contributed by atoms with Crippen molar-refractivity contribution in [3.63, 3.8) is 0 Å². The van der Waals surface area contributed by atoms with Crippen LogP contribution >= 0.6 is 0 Å². The maximum atomic E-state index is 12.5. The van der Waals surface area contributed by atoms with Crippen molar-refractivity contribution in [2.75, 3.05) is 26.7 Å². The molecule has 0 aromatic rings. The van der Waals surface area contributed by atoms with Crippen LogP contribution in [0.15, 0.2) is 0 Å². The molecule has 1 heterocycles. The van der Waals surface area contributed by atoms with E-state index in [0.717, 1.165) is 38.4 Å². The van der Waals surface area contributed by atoms with Gasteiger partial charge in [-0.25, -0.2) is 4.79 Å². The summed E-state index contributed by atoms with van der Waals surface area (Å²) in [7, 11) is 1.51. The maximum Gasteiger partial charge on any atom is 0.327 e. The smallest absolute Gasteiger partial charge is 0.327 e. The summed E-state index contributed by atoms with van der Waals surface area (Å²) in [6.07, 6.45) is 4.78. The van der Waals surface area contributed by atoms with Crippen molar-refractivity contribution < 1.29 is 9.53 Å². The van der Waals surface area contributed by atoms with E-state index in [9.17, 15) is 4.79 Å². The Labute approximate surface area is 123 Å². The minimum Gasteiger partial charge on any atom is -0.468 e. The van der Waals surface area contributed by atoms with Gasteiger partial charge in [-0.15, -0.1) is 0 Å². The van der Waals surface area contributed by atoms with Gasteiger partial charge in [-0.1, -0.05) is 13.3 Å². The SMILES string of the molecule is CCC1CCN(CC(NC(C)C)(C(=O)OC)C2CC2)C1. The molecule has 0 aromatic heterocycles. The first-order chi connectivity index (χ1) is 9.51. The molecule has 0 aromatic carbocycles. The number of hydrogen-bond acceptors (Lipinski definition) is 4. The van der Waals surface area contributed by atoms with Crippen molar-refractivity contribution >= 4 is 5.97 Å². The Morgan fingerprint density at radius 3 is 2.55 bits per heavy atom. The average molecular weight is 282 g/mol. The summed E-state index contributed by atoms with van der Waals surface area (Å²) in [6, 6.07) is 0.291. The van der Waals surface area contributed by atoms with Crippen LogP contribution in [-0.2, 0) is 9.53 Å². The highest BCUT2D eigenvalue weighted by atomic mass is 16.5. The molecule has 1 saturated carbocycles. The van der Waals surface area contributed by atoms with Gasteiger partial charge in [-0.2, -0.15) is 0 Å². The van der Waals surface area contributed by atoms with Crippen molar-refractivity contribution in [2.45, 2.75) is 58.0 Å². The molecular weight excluding hydrogens is 252 g/mol. The van der Waals surface area contributed by atoms with Crippen molar-refractivity contribution in [3.8, 4) is 0 Å². The monoisotopic (exact) mass is 282 g/mol. The fourth-order valence-electron chi connectivity index (χ4n) is 3.60. The summed E-state index contributed by atoms with van der Waals surface area (Å²) in [5.41, 5.74) is -0.494. The third-order valence-corrected chi connectivity index (χ3v) is 4.79. The summed E-state index contributed by atoms with van der Waals surface area (Å²) in [5, 5.41) is 3.55. The highest BCUT2D eigenvalue weighted by Gasteiger charge is 2.53. The Balaban J connectivity index is 2.11. The van der Waals surface area contributed by atoms with E-state index < -0.39 is 5.54 Å². The van der Waals surface area contributed by atoms with Crippen LogP contribution in [0.4, 0.5) is 0 Å². The summed E-state index contributed by atoms with van der Waals surface area (Å²) in [4.78, 5) is 14.9. The zero-order valence-electron chi connectivity index (χ0n) is 13.4. The summed E-state index contributed by atoms with van der Waals surface area (Å²) >= 11 is 0. The number of ether oxygens (including phenoxy) is 1. The molecule has 1 N–H and O–H groups in total. The number of rotatable bonds is 7. The number of nitrogens with zero attached hydrogens (tertiary/aromatic N) is 1. The number of esters is 1. The molecule has 2 rings (SSSR count). The molecule has 4 heteroatoms. The fourth-order valence-corrected chi connectivity index (χ4v) is 3.60. The van der Waals surface area contributed by atoms with E-state index in [1.165, 1.54) is 20.0 Å². The first-order valence-corrected chi connectivity index (χ1v) is 8.10. The second-order valence-corrected chi connectivity index (χ2v) is 6.83. The first-order valence-electron chi connectivity index (χ1n) is 8.10. The Bertz CT molecular complexity index is 341. The number of likely N-dealkylation sites (tertiary alicyclic amines) is 1. The Kier molecular flexibility index (Phi) is 5.08. The van der Waals surface area contributed by atoms with E-state index in [0.29, 0.717) is 12.0 Å². The van der Waals surface area contributed by atoms with Crippen molar-refractivity contribution in [1.82, 2.24) is 10.2 Å². The molecule has 2 unspecified atom stereocenters. The largest absolute Gasteiger partial charge is 0.468 e. The Morgan fingerprint density at radius 2 is 2.10 bits per heavy atom. The predicted octanol–water partition coefficient (Wildman–Crippen LogP) is 2.04. The molecule has 2 fully saturated rings. The highest BCUT2D eigenvalue weighted by Crippen LogP contribution is 2.42. The second kappa shape index (κ2) is 6.44. The van der Waals surface area contributed by atoms with Gasteiger partial charge in [0.2, 0.25) is 0 Å². The number of methoxy groups -OCH3 is 1. The second-order valence-electron chi connectivity index (χ2n) is 6.83. The van der Waals surface area contributed by atoms with Gasteiger partial charge in [0.15, 0.2) is 0 Å². The van der Waals surface area contributed by atoms with Gasteiger partial charge in [-0.05, 0) is 51.5 Å². The predicted molar refractivity (Wildman–Crippen MR) is 80.6 cm³/mol. The topological polar surface area (TPSA) is 41.6 Å². The molecule has 0 bridgehead atoms. The van der Waals surface area contributed by atoms with Gasteiger partial charge in [0.25, 0.3) is 0 Å². The van der Waals surface area contributed by atoms with Crippen LogP contribution in [0.2, 0.25) is 0 Å². The highest BCUT2D eigenvalue weighted by molar-refractivity contribution is 5.82. The first kappa shape index (κ1) is 15.8. The molecule has 1 aliphatic carbocycles. The minimum absolute atomic E-state index is 0.0753. The Hall–Kier alpha value is -0.610. The molecule has 0 spiro atoms. The third kappa shape index (κ3) is 3.34. The van der Waals surface area contributed by atoms with Crippen LogP contribution in [0.3, 0.4) is 0 Å². The molecular formula is C16H30N2O2. The van der Waals surface area contributed by atoms with Crippen LogP contribution in [0.25, 0.3) is 0 Å². The van der Waals surface area contributed by atoms with Crippen molar-refractivity contribution in [1.29, 1.82) is 0 Å². The third-order valence-electron chi connectivity index (χ3n) is 4.79. The average Bonchev–Trinajstić information content (AvgIpc) is 3.18. The fraction of sp³-hybridized carbons (Fsp3) is 0.938. The van der Waals surface area contributed by atoms with Crippen LogP contribution in [0, 0.1) is 11.8 Å². The summed E-state index contributed by atoms with van der Waals surface area (Å²) in [5.74, 6) is 1.16. The molecule has 2 atom stereocenters. The lowest BCUT2D eigenvalue weighted by Crippen LogP contribution is -2.62. The molecule has 116 valence electrons. The molecule has 0 amide bonds. The lowest BCUT2D eigenvalue weighted by molar-refractivity contribution is -0.151. The molecule has 2 aliphatic rings. The van der Waals surface area contributed by atoms with Crippen molar-refractivity contribution in [3.05, 3.63) is 0 Å².